The smallest absolute Gasteiger partial charge is 0.261 e. The predicted octanol–water partition coefficient (Wildman–Crippen LogP) is 3.17. The molecular formula is C19H23NO4. The van der Waals surface area contributed by atoms with E-state index >= 15 is 0 Å². The third-order valence-corrected chi connectivity index (χ3v) is 4.49. The lowest BCUT2D eigenvalue weighted by Crippen LogP contribution is -2.26. The van der Waals surface area contributed by atoms with Crippen molar-refractivity contribution < 1.29 is 14.3 Å². The van der Waals surface area contributed by atoms with Crippen molar-refractivity contribution in [2.45, 2.75) is 45.3 Å². The zero-order valence-electron chi connectivity index (χ0n) is 14.0. The molecule has 0 bridgehead atoms. The highest BCUT2D eigenvalue weighted by Crippen LogP contribution is 2.26. The van der Waals surface area contributed by atoms with Gasteiger partial charge in [-0.3, -0.25) is 9.59 Å². The second-order valence-corrected chi connectivity index (χ2v) is 6.12. The molecule has 0 radical (unpaired) electrons. The molecule has 0 saturated heterocycles. The molecule has 5 heteroatoms. The van der Waals surface area contributed by atoms with Crippen LogP contribution in [0.25, 0.3) is 10.9 Å². The Hall–Kier alpha value is -2.14. The summed E-state index contributed by atoms with van der Waals surface area (Å²) in [6, 6.07) is 7.35. The van der Waals surface area contributed by atoms with Gasteiger partial charge in [0.25, 0.3) is 5.56 Å². The molecule has 24 heavy (non-hydrogen) atoms. The van der Waals surface area contributed by atoms with Crippen molar-refractivity contribution in [3.8, 4) is 5.75 Å². The Labute approximate surface area is 141 Å². The SMILES string of the molecule is CCOCCn1c(=O)c(C=O)cc2ccc(OC3CCCC3)cc21. The monoisotopic (exact) mass is 329 g/mol. The van der Waals surface area contributed by atoms with E-state index in [4.69, 9.17) is 9.47 Å². The zero-order valence-corrected chi connectivity index (χ0v) is 14.0. The molecule has 0 N–H and O–H groups in total. The van der Waals surface area contributed by atoms with Crippen molar-refractivity contribution in [1.82, 2.24) is 4.57 Å². The van der Waals surface area contributed by atoms with Gasteiger partial charge in [-0.05, 0) is 56.2 Å². The normalized spacial score (nSPS) is 15.0. The molecule has 5 nitrogen and oxygen atoms in total. The largest absolute Gasteiger partial charge is 0.490 e. The summed E-state index contributed by atoms with van der Waals surface area (Å²) in [6.45, 7) is 3.35. The number of rotatable bonds is 7. The fourth-order valence-corrected chi connectivity index (χ4v) is 3.25. The maximum Gasteiger partial charge on any atom is 0.261 e. The fraction of sp³-hybridized carbons (Fsp3) is 0.474. The van der Waals surface area contributed by atoms with Crippen LogP contribution in [0.15, 0.2) is 29.1 Å². The lowest BCUT2D eigenvalue weighted by Gasteiger charge is -2.16. The molecule has 1 fully saturated rings. The van der Waals surface area contributed by atoms with Crippen LogP contribution in [0.2, 0.25) is 0 Å². The summed E-state index contributed by atoms with van der Waals surface area (Å²) in [7, 11) is 0. The molecule has 1 aromatic carbocycles. The molecule has 0 atom stereocenters. The molecule has 128 valence electrons. The van der Waals surface area contributed by atoms with Crippen molar-refractivity contribution in [1.29, 1.82) is 0 Å². The number of aromatic nitrogens is 1. The van der Waals surface area contributed by atoms with Gasteiger partial charge in [0.2, 0.25) is 0 Å². The lowest BCUT2D eigenvalue weighted by atomic mass is 10.1. The first-order valence-corrected chi connectivity index (χ1v) is 8.60. The quantitative estimate of drug-likeness (QED) is 0.578. The van der Waals surface area contributed by atoms with Gasteiger partial charge < -0.3 is 14.0 Å². The molecule has 0 spiro atoms. The van der Waals surface area contributed by atoms with Crippen molar-refractivity contribution in [2.24, 2.45) is 0 Å². The van der Waals surface area contributed by atoms with Gasteiger partial charge in [-0.2, -0.15) is 0 Å². The van der Waals surface area contributed by atoms with E-state index in [1.54, 1.807) is 10.6 Å². The number of carbonyl (C=O) groups excluding carboxylic acids is 1. The third-order valence-electron chi connectivity index (χ3n) is 4.49. The van der Waals surface area contributed by atoms with Crippen molar-refractivity contribution in [3.05, 3.63) is 40.2 Å². The van der Waals surface area contributed by atoms with Gasteiger partial charge in [0.1, 0.15) is 5.75 Å². The summed E-state index contributed by atoms with van der Waals surface area (Å²) >= 11 is 0. The standard InChI is InChI=1S/C19H23NO4/c1-2-23-10-9-20-18-12-17(24-16-5-3-4-6-16)8-7-14(18)11-15(13-21)19(20)22/h7-8,11-13,16H,2-6,9-10H2,1H3. The van der Waals surface area contributed by atoms with Crippen LogP contribution in [0.5, 0.6) is 5.75 Å². The van der Waals surface area contributed by atoms with Crippen LogP contribution < -0.4 is 10.3 Å². The van der Waals surface area contributed by atoms with Crippen molar-refractivity contribution in [2.75, 3.05) is 13.2 Å². The van der Waals surface area contributed by atoms with E-state index < -0.39 is 0 Å². The van der Waals surface area contributed by atoms with Crippen LogP contribution in [0.1, 0.15) is 43.0 Å². The lowest BCUT2D eigenvalue weighted by molar-refractivity contribution is 0.112. The fourth-order valence-electron chi connectivity index (χ4n) is 3.25. The van der Waals surface area contributed by atoms with E-state index in [1.165, 1.54) is 12.8 Å². The van der Waals surface area contributed by atoms with E-state index in [1.807, 2.05) is 25.1 Å². The highest BCUT2D eigenvalue weighted by Gasteiger charge is 2.17. The summed E-state index contributed by atoms with van der Waals surface area (Å²) in [5, 5.41) is 0.854. The van der Waals surface area contributed by atoms with E-state index in [2.05, 4.69) is 0 Å². The van der Waals surface area contributed by atoms with Crippen LogP contribution in [0.3, 0.4) is 0 Å². The maximum atomic E-state index is 12.5. The molecule has 2 aromatic rings. The van der Waals surface area contributed by atoms with Crippen molar-refractivity contribution in [3.63, 3.8) is 0 Å². The molecule has 1 aromatic heterocycles. The molecule has 0 amide bonds. The van der Waals surface area contributed by atoms with Crippen LogP contribution in [0, 0.1) is 0 Å². The second kappa shape index (κ2) is 7.62. The van der Waals surface area contributed by atoms with Crippen LogP contribution in [-0.2, 0) is 11.3 Å². The minimum Gasteiger partial charge on any atom is -0.490 e. The van der Waals surface area contributed by atoms with E-state index in [-0.39, 0.29) is 17.2 Å². The predicted molar refractivity (Wildman–Crippen MR) is 93.0 cm³/mol. The zero-order chi connectivity index (χ0) is 16.9. The van der Waals surface area contributed by atoms with Gasteiger partial charge in [-0.1, -0.05) is 0 Å². The Kier molecular flexibility index (Phi) is 5.30. The van der Waals surface area contributed by atoms with Crippen LogP contribution >= 0.6 is 0 Å². The first-order chi connectivity index (χ1) is 11.7. The minimum absolute atomic E-state index is 0.170. The summed E-state index contributed by atoms with van der Waals surface area (Å²) < 4.78 is 13.0. The molecule has 1 heterocycles. The number of hydrogen-bond donors (Lipinski definition) is 0. The van der Waals surface area contributed by atoms with E-state index in [9.17, 15) is 9.59 Å². The highest BCUT2D eigenvalue weighted by molar-refractivity contribution is 5.87. The first-order valence-electron chi connectivity index (χ1n) is 8.60. The average molecular weight is 329 g/mol. The molecule has 0 aliphatic heterocycles. The number of pyridine rings is 1. The van der Waals surface area contributed by atoms with Gasteiger partial charge in [0.05, 0.1) is 23.8 Å². The number of benzene rings is 1. The van der Waals surface area contributed by atoms with Crippen LogP contribution in [0.4, 0.5) is 0 Å². The molecule has 3 rings (SSSR count). The second-order valence-electron chi connectivity index (χ2n) is 6.12. The molecule has 1 aliphatic carbocycles. The van der Waals surface area contributed by atoms with Gasteiger partial charge in [0, 0.05) is 19.2 Å². The summed E-state index contributed by atoms with van der Waals surface area (Å²) in [4.78, 5) is 23.7. The summed E-state index contributed by atoms with van der Waals surface area (Å²) in [5.74, 6) is 0.776. The van der Waals surface area contributed by atoms with E-state index in [0.29, 0.717) is 26.0 Å². The average Bonchev–Trinajstić information content (AvgIpc) is 3.10. The first kappa shape index (κ1) is 16.7. The van der Waals surface area contributed by atoms with Gasteiger partial charge in [-0.15, -0.1) is 0 Å². The third kappa shape index (κ3) is 3.51. The highest BCUT2D eigenvalue weighted by atomic mass is 16.5. The van der Waals surface area contributed by atoms with Gasteiger partial charge in [-0.25, -0.2) is 0 Å². The Bertz CT molecular complexity index is 775. The number of fused-ring (bicyclic) bond motifs is 1. The Balaban J connectivity index is 1.99. The molecule has 0 unspecified atom stereocenters. The summed E-state index contributed by atoms with van der Waals surface area (Å²) in [6.07, 6.45) is 5.46. The Morgan fingerprint density at radius 1 is 1.25 bits per heavy atom. The van der Waals surface area contributed by atoms with Crippen LogP contribution in [-0.4, -0.2) is 30.2 Å². The van der Waals surface area contributed by atoms with Gasteiger partial charge in [0.15, 0.2) is 6.29 Å². The Morgan fingerprint density at radius 2 is 2.04 bits per heavy atom. The van der Waals surface area contributed by atoms with E-state index in [0.717, 1.165) is 29.5 Å². The Morgan fingerprint density at radius 3 is 2.75 bits per heavy atom. The molecular weight excluding hydrogens is 306 g/mol. The topological polar surface area (TPSA) is 57.5 Å². The number of nitrogens with zero attached hydrogens (tertiary/aromatic N) is 1. The number of hydrogen-bond acceptors (Lipinski definition) is 4. The molecule has 1 aliphatic rings. The number of carbonyl (C=O) groups is 1. The minimum atomic E-state index is -0.282. The van der Waals surface area contributed by atoms with Crippen molar-refractivity contribution >= 4 is 17.2 Å². The number of ether oxygens (including phenoxy) is 2. The van der Waals surface area contributed by atoms with Gasteiger partial charge >= 0.3 is 0 Å². The maximum absolute atomic E-state index is 12.5. The molecule has 1 saturated carbocycles. The summed E-state index contributed by atoms with van der Waals surface area (Å²) in [5.41, 5.74) is 0.666. The number of aldehydes is 1.